The Morgan fingerprint density at radius 2 is 2.23 bits per heavy atom. The van der Waals surface area contributed by atoms with Crippen molar-refractivity contribution in [3.05, 3.63) is 34.1 Å². The number of rotatable bonds is 2. The maximum atomic E-state index is 12.8. The smallest absolute Gasteiger partial charge is 0.258 e. The molecule has 0 spiro atoms. The van der Waals surface area contributed by atoms with E-state index in [1.165, 1.54) is 0 Å². The molecule has 1 aromatic carbocycles. The summed E-state index contributed by atoms with van der Waals surface area (Å²) in [5, 5.41) is 10.2. The van der Waals surface area contributed by atoms with Crippen molar-refractivity contribution < 1.29 is 14.1 Å². The molecular formula is C7H3FN2O3. The number of isocyanates is 1. The number of nitro benzene ring substituents is 1. The number of nitrogens with zero attached hydrogens (tertiary/aromatic N) is 2. The number of hydrogen-bond donors (Lipinski definition) is 0. The zero-order valence-corrected chi connectivity index (χ0v) is 6.23. The molecule has 0 fully saturated rings. The van der Waals surface area contributed by atoms with Crippen LogP contribution in [0.15, 0.2) is 23.2 Å². The van der Waals surface area contributed by atoms with Gasteiger partial charge < -0.3 is 0 Å². The first-order chi connectivity index (χ1) is 6.15. The Kier molecular flexibility index (Phi) is 2.47. The molecule has 0 atom stereocenters. The van der Waals surface area contributed by atoms with Crippen LogP contribution in [0.25, 0.3) is 0 Å². The summed E-state index contributed by atoms with van der Waals surface area (Å²) in [7, 11) is 0. The number of hydrogen-bond acceptors (Lipinski definition) is 4. The summed E-state index contributed by atoms with van der Waals surface area (Å²) < 4.78 is 12.8. The van der Waals surface area contributed by atoms with E-state index in [1.807, 2.05) is 0 Å². The molecule has 0 heterocycles. The van der Waals surface area contributed by atoms with Crippen molar-refractivity contribution in [2.45, 2.75) is 0 Å². The Morgan fingerprint density at radius 1 is 1.54 bits per heavy atom. The lowest BCUT2D eigenvalue weighted by atomic mass is 10.3. The van der Waals surface area contributed by atoms with Gasteiger partial charge >= 0.3 is 0 Å². The molecule has 0 aliphatic rings. The third kappa shape index (κ3) is 1.94. The van der Waals surface area contributed by atoms with Gasteiger partial charge in [-0.2, -0.15) is 4.99 Å². The van der Waals surface area contributed by atoms with Crippen LogP contribution in [0, 0.1) is 15.9 Å². The summed E-state index contributed by atoms with van der Waals surface area (Å²) in [5.41, 5.74) is -0.650. The highest BCUT2D eigenvalue weighted by molar-refractivity contribution is 5.52. The minimum atomic E-state index is -0.919. The first kappa shape index (κ1) is 9.02. The minimum Gasteiger partial charge on any atom is -0.258 e. The Hall–Kier alpha value is -2.07. The molecule has 0 N–H and O–H groups in total. The predicted molar refractivity (Wildman–Crippen MR) is 40.8 cm³/mol. The summed E-state index contributed by atoms with van der Waals surface area (Å²) in [5.74, 6) is -0.919. The molecule has 0 bridgehead atoms. The van der Waals surface area contributed by atoms with Crippen molar-refractivity contribution in [1.29, 1.82) is 0 Å². The van der Waals surface area contributed by atoms with Crippen LogP contribution in [-0.4, -0.2) is 11.0 Å². The Bertz CT molecular complexity index is 399. The van der Waals surface area contributed by atoms with E-state index < -0.39 is 10.7 Å². The molecule has 0 aliphatic carbocycles. The van der Waals surface area contributed by atoms with Crippen LogP contribution in [-0.2, 0) is 4.79 Å². The van der Waals surface area contributed by atoms with Crippen LogP contribution in [0.2, 0.25) is 0 Å². The molecule has 0 saturated carbocycles. The first-order valence-electron chi connectivity index (χ1n) is 3.17. The van der Waals surface area contributed by atoms with Crippen molar-refractivity contribution in [2.24, 2.45) is 4.99 Å². The van der Waals surface area contributed by atoms with Crippen LogP contribution < -0.4 is 0 Å². The van der Waals surface area contributed by atoms with Crippen molar-refractivity contribution >= 4 is 17.5 Å². The Morgan fingerprint density at radius 3 is 2.69 bits per heavy atom. The van der Waals surface area contributed by atoms with Gasteiger partial charge in [0.1, 0.15) is 5.69 Å². The van der Waals surface area contributed by atoms with Crippen LogP contribution in [0.5, 0.6) is 0 Å². The Balaban J connectivity index is 3.19. The molecular weight excluding hydrogens is 179 g/mol. The molecule has 66 valence electrons. The van der Waals surface area contributed by atoms with Crippen molar-refractivity contribution in [3.63, 3.8) is 0 Å². The number of carbonyl (C=O) groups excluding carboxylic acids is 1. The highest BCUT2D eigenvalue weighted by Gasteiger charge is 2.09. The quantitative estimate of drug-likeness (QED) is 0.302. The lowest BCUT2D eigenvalue weighted by Crippen LogP contribution is -1.88. The topological polar surface area (TPSA) is 72.6 Å². The van der Waals surface area contributed by atoms with E-state index in [2.05, 4.69) is 4.99 Å². The summed E-state index contributed by atoms with van der Waals surface area (Å²) >= 11 is 0. The molecule has 0 aromatic heterocycles. The van der Waals surface area contributed by atoms with E-state index in [9.17, 15) is 19.3 Å². The maximum Gasteiger partial charge on any atom is 0.272 e. The van der Waals surface area contributed by atoms with Gasteiger partial charge in [-0.05, 0) is 6.07 Å². The van der Waals surface area contributed by atoms with Gasteiger partial charge in [-0.25, -0.2) is 9.18 Å². The highest BCUT2D eigenvalue weighted by Crippen LogP contribution is 2.21. The fourth-order valence-electron chi connectivity index (χ4n) is 0.749. The van der Waals surface area contributed by atoms with Gasteiger partial charge in [-0.15, -0.1) is 0 Å². The van der Waals surface area contributed by atoms with Gasteiger partial charge in [0.2, 0.25) is 6.08 Å². The minimum absolute atomic E-state index is 0.263. The van der Waals surface area contributed by atoms with E-state index in [1.54, 1.807) is 0 Å². The largest absolute Gasteiger partial charge is 0.272 e. The monoisotopic (exact) mass is 182 g/mol. The van der Waals surface area contributed by atoms with E-state index >= 15 is 0 Å². The summed E-state index contributed by atoms with van der Waals surface area (Å²) in [6, 6.07) is 2.79. The molecule has 6 heteroatoms. The molecule has 1 aromatic rings. The highest BCUT2D eigenvalue weighted by atomic mass is 19.1. The first-order valence-corrected chi connectivity index (χ1v) is 3.17. The molecule has 0 radical (unpaired) electrons. The molecule has 5 nitrogen and oxygen atoms in total. The van der Waals surface area contributed by atoms with Gasteiger partial charge in [0.05, 0.1) is 11.0 Å². The summed E-state index contributed by atoms with van der Waals surface area (Å²) in [6.45, 7) is 0. The van der Waals surface area contributed by atoms with Crippen LogP contribution in [0.4, 0.5) is 15.8 Å². The SMILES string of the molecule is O=C=Nc1ccc([N+](=O)[O-])cc1F. The lowest BCUT2D eigenvalue weighted by molar-refractivity contribution is -0.385. The maximum absolute atomic E-state index is 12.8. The molecule has 0 saturated heterocycles. The van der Waals surface area contributed by atoms with Crippen LogP contribution >= 0.6 is 0 Å². The van der Waals surface area contributed by atoms with E-state index in [-0.39, 0.29) is 11.4 Å². The number of halogens is 1. The van der Waals surface area contributed by atoms with Crippen LogP contribution in [0.3, 0.4) is 0 Å². The average molecular weight is 182 g/mol. The van der Waals surface area contributed by atoms with Crippen molar-refractivity contribution in [2.75, 3.05) is 0 Å². The fourth-order valence-corrected chi connectivity index (χ4v) is 0.749. The average Bonchev–Trinajstić information content (AvgIpc) is 2.08. The summed E-state index contributed by atoms with van der Waals surface area (Å²) in [4.78, 5) is 22.2. The number of benzene rings is 1. The third-order valence-electron chi connectivity index (χ3n) is 1.31. The second-order valence-electron chi connectivity index (χ2n) is 2.10. The molecule has 0 aliphatic heterocycles. The van der Waals surface area contributed by atoms with Gasteiger partial charge in [-0.3, -0.25) is 10.1 Å². The normalized spacial score (nSPS) is 9.00. The Labute approximate surface area is 71.7 Å². The van der Waals surface area contributed by atoms with Gasteiger partial charge in [0, 0.05) is 6.07 Å². The predicted octanol–water partition coefficient (Wildman–Crippen LogP) is 1.70. The second-order valence-corrected chi connectivity index (χ2v) is 2.10. The standard InChI is InChI=1S/C7H3FN2O3/c8-6-3-5(10(12)13)1-2-7(6)9-4-11/h1-3H. The number of aliphatic imine (C=N–C) groups is 1. The summed E-state index contributed by atoms with van der Waals surface area (Å²) in [6.07, 6.45) is 1.14. The van der Waals surface area contributed by atoms with E-state index in [4.69, 9.17) is 0 Å². The second kappa shape index (κ2) is 3.55. The van der Waals surface area contributed by atoms with Crippen molar-refractivity contribution in [3.8, 4) is 0 Å². The van der Waals surface area contributed by atoms with E-state index in [0.717, 1.165) is 18.2 Å². The molecule has 13 heavy (non-hydrogen) atoms. The van der Waals surface area contributed by atoms with Gasteiger partial charge in [0.25, 0.3) is 5.69 Å². The zero-order valence-electron chi connectivity index (χ0n) is 6.23. The third-order valence-corrected chi connectivity index (χ3v) is 1.31. The van der Waals surface area contributed by atoms with E-state index in [0.29, 0.717) is 6.07 Å². The molecule has 0 unspecified atom stereocenters. The molecule has 0 amide bonds. The lowest BCUT2D eigenvalue weighted by Gasteiger charge is -1.93. The molecule has 1 rings (SSSR count). The number of non-ortho nitro benzene ring substituents is 1. The van der Waals surface area contributed by atoms with Gasteiger partial charge in [-0.1, -0.05) is 0 Å². The zero-order chi connectivity index (χ0) is 9.84. The number of nitro groups is 1. The van der Waals surface area contributed by atoms with Crippen molar-refractivity contribution in [1.82, 2.24) is 0 Å². The fraction of sp³-hybridized carbons (Fsp3) is 0. The van der Waals surface area contributed by atoms with Gasteiger partial charge in [0.15, 0.2) is 5.82 Å². The van der Waals surface area contributed by atoms with Crippen LogP contribution in [0.1, 0.15) is 0 Å².